The molecule has 1 amide bonds. The molecule has 18 heavy (non-hydrogen) atoms. The maximum atomic E-state index is 12.0. The van der Waals surface area contributed by atoms with Crippen LogP contribution in [0.4, 0.5) is 0 Å². The van der Waals surface area contributed by atoms with Gasteiger partial charge in [0.05, 0.1) is 5.92 Å². The predicted octanol–water partition coefficient (Wildman–Crippen LogP) is 1.96. The summed E-state index contributed by atoms with van der Waals surface area (Å²) in [5.41, 5.74) is 6.88. The van der Waals surface area contributed by atoms with Crippen LogP contribution >= 0.6 is 0 Å². The molecule has 0 radical (unpaired) electrons. The van der Waals surface area contributed by atoms with Crippen LogP contribution in [0, 0.1) is 11.8 Å². The number of nitrogens with one attached hydrogen (secondary N) is 1. The molecule has 0 saturated carbocycles. The van der Waals surface area contributed by atoms with Gasteiger partial charge in [-0.25, -0.2) is 0 Å². The van der Waals surface area contributed by atoms with Gasteiger partial charge in [0.15, 0.2) is 0 Å². The second-order valence-electron chi connectivity index (χ2n) is 5.19. The van der Waals surface area contributed by atoms with Crippen molar-refractivity contribution in [1.29, 1.82) is 0 Å². The molecular formula is C15H24N2O. The first-order valence-corrected chi connectivity index (χ1v) is 6.59. The summed E-state index contributed by atoms with van der Waals surface area (Å²) in [6.45, 7) is 6.48. The Labute approximate surface area is 110 Å². The van der Waals surface area contributed by atoms with Crippen LogP contribution in [-0.2, 0) is 11.2 Å². The van der Waals surface area contributed by atoms with E-state index in [1.807, 2.05) is 39.0 Å². The summed E-state index contributed by atoms with van der Waals surface area (Å²) in [5.74, 6) is 0.248. The van der Waals surface area contributed by atoms with Gasteiger partial charge < -0.3 is 11.1 Å². The van der Waals surface area contributed by atoms with Crippen LogP contribution in [0.15, 0.2) is 30.3 Å². The maximum absolute atomic E-state index is 12.0. The monoisotopic (exact) mass is 248 g/mol. The van der Waals surface area contributed by atoms with Gasteiger partial charge in [0.2, 0.25) is 5.91 Å². The Bertz CT molecular complexity index is 362. The van der Waals surface area contributed by atoms with Crippen molar-refractivity contribution < 1.29 is 4.79 Å². The van der Waals surface area contributed by atoms with Crippen LogP contribution in [0.2, 0.25) is 0 Å². The average molecular weight is 248 g/mol. The highest BCUT2D eigenvalue weighted by Gasteiger charge is 2.21. The smallest absolute Gasteiger partial charge is 0.224 e. The number of carbonyl (C=O) groups is 1. The van der Waals surface area contributed by atoms with Gasteiger partial charge in [-0.1, -0.05) is 44.2 Å². The van der Waals surface area contributed by atoms with E-state index in [0.717, 1.165) is 6.42 Å². The molecule has 0 spiro atoms. The Morgan fingerprint density at radius 2 is 1.83 bits per heavy atom. The van der Waals surface area contributed by atoms with E-state index in [4.69, 9.17) is 5.73 Å². The zero-order chi connectivity index (χ0) is 13.5. The second kappa shape index (κ2) is 7.17. The molecule has 3 N–H and O–H groups in total. The average Bonchev–Trinajstić information content (AvgIpc) is 2.30. The Balaban J connectivity index is 2.49. The topological polar surface area (TPSA) is 55.1 Å². The Kier molecular flexibility index (Phi) is 5.86. The highest BCUT2D eigenvalue weighted by atomic mass is 16.1. The molecule has 0 bridgehead atoms. The van der Waals surface area contributed by atoms with Crippen molar-refractivity contribution in [3.63, 3.8) is 0 Å². The lowest BCUT2D eigenvalue weighted by molar-refractivity contribution is -0.126. The van der Waals surface area contributed by atoms with E-state index < -0.39 is 0 Å². The van der Waals surface area contributed by atoms with Crippen LogP contribution in [0.5, 0.6) is 0 Å². The van der Waals surface area contributed by atoms with Gasteiger partial charge in [-0.2, -0.15) is 0 Å². The molecular weight excluding hydrogens is 224 g/mol. The van der Waals surface area contributed by atoms with Crippen molar-refractivity contribution in [3.05, 3.63) is 35.9 Å². The summed E-state index contributed by atoms with van der Waals surface area (Å²) in [7, 11) is 0. The highest BCUT2D eigenvalue weighted by Crippen LogP contribution is 2.10. The molecule has 2 atom stereocenters. The molecule has 100 valence electrons. The summed E-state index contributed by atoms with van der Waals surface area (Å²) in [6.07, 6.45) is 0.849. The number of hydrogen-bond acceptors (Lipinski definition) is 2. The van der Waals surface area contributed by atoms with E-state index in [-0.39, 0.29) is 23.8 Å². The molecule has 1 aromatic carbocycles. The van der Waals surface area contributed by atoms with Crippen LogP contribution in [0.25, 0.3) is 0 Å². The molecule has 3 nitrogen and oxygen atoms in total. The third kappa shape index (κ3) is 4.49. The van der Waals surface area contributed by atoms with Gasteiger partial charge in [0.1, 0.15) is 0 Å². The Morgan fingerprint density at radius 3 is 2.33 bits per heavy atom. The van der Waals surface area contributed by atoms with E-state index >= 15 is 0 Å². The molecule has 1 rings (SSSR count). The number of hydrogen-bond donors (Lipinski definition) is 2. The lowest BCUT2D eigenvalue weighted by Gasteiger charge is -2.21. The number of benzene rings is 1. The fourth-order valence-electron chi connectivity index (χ4n) is 2.05. The van der Waals surface area contributed by atoms with E-state index in [1.165, 1.54) is 5.56 Å². The fraction of sp³-hybridized carbons (Fsp3) is 0.533. The van der Waals surface area contributed by atoms with Gasteiger partial charge >= 0.3 is 0 Å². The van der Waals surface area contributed by atoms with Crippen LogP contribution < -0.4 is 11.1 Å². The number of carbonyl (C=O) groups excluding carboxylic acids is 1. The maximum Gasteiger partial charge on any atom is 0.224 e. The standard InChI is InChI=1S/C15H24N2O/c1-11(2)14(10-16)15(18)17-12(3)9-13-7-5-4-6-8-13/h4-8,11-12,14H,9-10,16H2,1-3H3,(H,17,18). The van der Waals surface area contributed by atoms with Gasteiger partial charge in [-0.3, -0.25) is 4.79 Å². The minimum absolute atomic E-state index is 0.0657. The van der Waals surface area contributed by atoms with Crippen LogP contribution in [-0.4, -0.2) is 18.5 Å². The third-order valence-electron chi connectivity index (χ3n) is 3.17. The predicted molar refractivity (Wildman–Crippen MR) is 75.1 cm³/mol. The van der Waals surface area contributed by atoms with Gasteiger partial charge in [0.25, 0.3) is 0 Å². The summed E-state index contributed by atoms with van der Waals surface area (Å²) in [6, 6.07) is 10.3. The zero-order valence-electron chi connectivity index (χ0n) is 11.5. The molecule has 0 aliphatic rings. The number of nitrogens with two attached hydrogens (primary N) is 1. The van der Waals surface area contributed by atoms with Gasteiger partial charge in [0, 0.05) is 12.6 Å². The molecule has 1 aromatic rings. The summed E-state index contributed by atoms with van der Waals surface area (Å²) < 4.78 is 0. The largest absolute Gasteiger partial charge is 0.353 e. The normalized spacial score (nSPS) is 14.3. The summed E-state index contributed by atoms with van der Waals surface area (Å²) in [5, 5.41) is 3.04. The molecule has 0 aliphatic carbocycles. The molecule has 0 aliphatic heterocycles. The minimum atomic E-state index is -0.0942. The van der Waals surface area contributed by atoms with Gasteiger partial charge in [-0.15, -0.1) is 0 Å². The van der Waals surface area contributed by atoms with Crippen molar-refractivity contribution in [2.24, 2.45) is 17.6 Å². The van der Waals surface area contributed by atoms with Gasteiger partial charge in [-0.05, 0) is 24.8 Å². The lowest BCUT2D eigenvalue weighted by Crippen LogP contribution is -2.42. The lowest BCUT2D eigenvalue weighted by atomic mass is 9.94. The van der Waals surface area contributed by atoms with E-state index in [2.05, 4.69) is 17.4 Å². The molecule has 0 fully saturated rings. The first kappa shape index (κ1) is 14.7. The SMILES string of the molecule is CC(Cc1ccccc1)NC(=O)C(CN)C(C)C. The van der Waals surface area contributed by atoms with Crippen molar-refractivity contribution in [2.45, 2.75) is 33.2 Å². The van der Waals surface area contributed by atoms with Crippen molar-refractivity contribution in [1.82, 2.24) is 5.32 Å². The third-order valence-corrected chi connectivity index (χ3v) is 3.17. The molecule has 0 aromatic heterocycles. The molecule has 0 heterocycles. The first-order chi connectivity index (χ1) is 8.54. The number of rotatable bonds is 6. The van der Waals surface area contributed by atoms with Crippen molar-refractivity contribution >= 4 is 5.91 Å². The molecule has 3 heteroatoms. The summed E-state index contributed by atoms with van der Waals surface area (Å²) in [4.78, 5) is 12.0. The fourth-order valence-corrected chi connectivity index (χ4v) is 2.05. The van der Waals surface area contributed by atoms with E-state index in [0.29, 0.717) is 6.54 Å². The Morgan fingerprint density at radius 1 is 1.22 bits per heavy atom. The highest BCUT2D eigenvalue weighted by molar-refractivity contribution is 5.79. The van der Waals surface area contributed by atoms with Crippen LogP contribution in [0.3, 0.4) is 0 Å². The van der Waals surface area contributed by atoms with Crippen molar-refractivity contribution in [2.75, 3.05) is 6.54 Å². The Hall–Kier alpha value is -1.35. The summed E-state index contributed by atoms with van der Waals surface area (Å²) >= 11 is 0. The van der Waals surface area contributed by atoms with Crippen LogP contribution in [0.1, 0.15) is 26.3 Å². The second-order valence-corrected chi connectivity index (χ2v) is 5.19. The van der Waals surface area contributed by atoms with E-state index in [9.17, 15) is 4.79 Å². The number of amides is 1. The zero-order valence-corrected chi connectivity index (χ0v) is 11.5. The molecule has 2 unspecified atom stereocenters. The minimum Gasteiger partial charge on any atom is -0.353 e. The van der Waals surface area contributed by atoms with E-state index in [1.54, 1.807) is 0 Å². The molecule has 0 saturated heterocycles. The first-order valence-electron chi connectivity index (χ1n) is 6.59. The van der Waals surface area contributed by atoms with Crippen molar-refractivity contribution in [3.8, 4) is 0 Å². The quantitative estimate of drug-likeness (QED) is 0.808.